The van der Waals surface area contributed by atoms with Crippen LogP contribution in [-0.2, 0) is 16.0 Å². The van der Waals surface area contributed by atoms with Crippen molar-refractivity contribution in [2.45, 2.75) is 46.1 Å². The van der Waals surface area contributed by atoms with Gasteiger partial charge in [-0.25, -0.2) is 0 Å². The van der Waals surface area contributed by atoms with Crippen LogP contribution in [0.4, 0.5) is 0 Å². The molecule has 1 unspecified atom stereocenters. The molecular weight excluding hydrogens is 238 g/mol. The van der Waals surface area contributed by atoms with E-state index in [9.17, 15) is 4.79 Å². The molecule has 19 heavy (non-hydrogen) atoms. The first-order chi connectivity index (χ1) is 9.17. The standard InChI is InChI=1S/C16H25NO2/c1-4-6-11-19-16(18)12-17-13(3)15-9-7-14(5-2)8-10-15/h7-10,13,17H,4-6,11-12H2,1-3H3. The number of esters is 1. The van der Waals surface area contributed by atoms with Crippen molar-refractivity contribution in [3.63, 3.8) is 0 Å². The van der Waals surface area contributed by atoms with Gasteiger partial charge in [0, 0.05) is 6.04 Å². The molecule has 3 heteroatoms. The zero-order chi connectivity index (χ0) is 14.1. The summed E-state index contributed by atoms with van der Waals surface area (Å²) in [5.74, 6) is -0.175. The lowest BCUT2D eigenvalue weighted by atomic mass is 10.1. The smallest absolute Gasteiger partial charge is 0.319 e. The number of nitrogens with one attached hydrogen (secondary N) is 1. The lowest BCUT2D eigenvalue weighted by molar-refractivity contribution is -0.142. The predicted molar refractivity (Wildman–Crippen MR) is 78.1 cm³/mol. The Labute approximate surface area is 116 Å². The van der Waals surface area contributed by atoms with Crippen LogP contribution in [-0.4, -0.2) is 19.1 Å². The Morgan fingerprint density at radius 3 is 2.53 bits per heavy atom. The number of hydrogen-bond donors (Lipinski definition) is 1. The van der Waals surface area contributed by atoms with Crippen LogP contribution in [0.25, 0.3) is 0 Å². The van der Waals surface area contributed by atoms with Crippen LogP contribution in [0.1, 0.15) is 50.8 Å². The number of hydrogen-bond acceptors (Lipinski definition) is 3. The van der Waals surface area contributed by atoms with Gasteiger partial charge in [0.05, 0.1) is 13.2 Å². The molecule has 1 aromatic rings. The third-order valence-corrected chi connectivity index (χ3v) is 3.20. The van der Waals surface area contributed by atoms with Crippen LogP contribution in [0.15, 0.2) is 24.3 Å². The maximum absolute atomic E-state index is 11.5. The van der Waals surface area contributed by atoms with E-state index in [0.717, 1.165) is 19.3 Å². The summed E-state index contributed by atoms with van der Waals surface area (Å²) < 4.78 is 5.10. The van der Waals surface area contributed by atoms with Gasteiger partial charge in [-0.2, -0.15) is 0 Å². The van der Waals surface area contributed by atoms with Crippen molar-refractivity contribution >= 4 is 5.97 Å². The van der Waals surface area contributed by atoms with Crippen LogP contribution in [0, 0.1) is 0 Å². The Morgan fingerprint density at radius 1 is 1.26 bits per heavy atom. The maximum Gasteiger partial charge on any atom is 0.319 e. The highest BCUT2D eigenvalue weighted by atomic mass is 16.5. The maximum atomic E-state index is 11.5. The molecule has 0 heterocycles. The van der Waals surface area contributed by atoms with Crippen LogP contribution in [0.5, 0.6) is 0 Å². The average molecular weight is 263 g/mol. The Kier molecular flexibility index (Phi) is 7.19. The first kappa shape index (κ1) is 15.7. The van der Waals surface area contributed by atoms with Crippen molar-refractivity contribution in [3.8, 4) is 0 Å². The summed E-state index contributed by atoms with van der Waals surface area (Å²) in [5.41, 5.74) is 2.52. The Hall–Kier alpha value is -1.35. The number of unbranched alkanes of at least 4 members (excludes halogenated alkanes) is 1. The topological polar surface area (TPSA) is 38.3 Å². The minimum atomic E-state index is -0.175. The fourth-order valence-corrected chi connectivity index (χ4v) is 1.78. The summed E-state index contributed by atoms with van der Waals surface area (Å²) in [6.45, 7) is 7.06. The Balaban J connectivity index is 2.33. The molecule has 0 aliphatic heterocycles. The van der Waals surface area contributed by atoms with Gasteiger partial charge in [-0.15, -0.1) is 0 Å². The highest BCUT2D eigenvalue weighted by Gasteiger charge is 2.08. The number of aryl methyl sites for hydroxylation is 1. The van der Waals surface area contributed by atoms with E-state index in [2.05, 4.69) is 50.4 Å². The number of rotatable bonds is 8. The largest absolute Gasteiger partial charge is 0.465 e. The van der Waals surface area contributed by atoms with Gasteiger partial charge in [-0.1, -0.05) is 44.5 Å². The van der Waals surface area contributed by atoms with E-state index in [0.29, 0.717) is 6.61 Å². The normalized spacial score (nSPS) is 12.2. The minimum Gasteiger partial charge on any atom is -0.465 e. The molecule has 0 aliphatic carbocycles. The third-order valence-electron chi connectivity index (χ3n) is 3.20. The molecule has 0 bridgehead atoms. The first-order valence-electron chi connectivity index (χ1n) is 7.15. The lowest BCUT2D eigenvalue weighted by Gasteiger charge is -2.14. The number of benzene rings is 1. The molecule has 0 saturated carbocycles. The summed E-state index contributed by atoms with van der Waals surface area (Å²) in [6.07, 6.45) is 3.02. The minimum absolute atomic E-state index is 0.157. The van der Waals surface area contributed by atoms with Gasteiger partial charge >= 0.3 is 5.97 Å². The Morgan fingerprint density at radius 2 is 1.95 bits per heavy atom. The number of carbonyl (C=O) groups excluding carboxylic acids is 1. The third kappa shape index (κ3) is 5.88. The van der Waals surface area contributed by atoms with Crippen molar-refractivity contribution in [1.82, 2.24) is 5.32 Å². The molecule has 106 valence electrons. The monoisotopic (exact) mass is 263 g/mol. The molecule has 3 nitrogen and oxygen atoms in total. The fraction of sp³-hybridized carbons (Fsp3) is 0.562. The molecule has 1 aromatic carbocycles. The van der Waals surface area contributed by atoms with Gasteiger partial charge in [-0.3, -0.25) is 4.79 Å². The zero-order valence-corrected chi connectivity index (χ0v) is 12.2. The van der Waals surface area contributed by atoms with Crippen molar-refractivity contribution in [2.75, 3.05) is 13.2 Å². The van der Waals surface area contributed by atoms with E-state index < -0.39 is 0 Å². The van der Waals surface area contributed by atoms with Gasteiger partial charge in [0.15, 0.2) is 0 Å². The summed E-state index contributed by atoms with van der Waals surface area (Å²) in [5, 5.41) is 3.19. The van der Waals surface area contributed by atoms with E-state index in [4.69, 9.17) is 4.74 Å². The molecule has 0 aromatic heterocycles. The van der Waals surface area contributed by atoms with E-state index in [1.54, 1.807) is 0 Å². The van der Waals surface area contributed by atoms with Crippen LogP contribution < -0.4 is 5.32 Å². The summed E-state index contributed by atoms with van der Waals surface area (Å²) >= 11 is 0. The molecule has 0 aliphatic rings. The van der Waals surface area contributed by atoms with Crippen LogP contribution >= 0.6 is 0 Å². The second-order valence-corrected chi connectivity index (χ2v) is 4.77. The van der Waals surface area contributed by atoms with Crippen molar-refractivity contribution in [3.05, 3.63) is 35.4 Å². The van der Waals surface area contributed by atoms with E-state index in [1.165, 1.54) is 11.1 Å². The highest BCUT2D eigenvalue weighted by Crippen LogP contribution is 2.13. The summed E-state index contributed by atoms with van der Waals surface area (Å²) in [4.78, 5) is 11.5. The lowest BCUT2D eigenvalue weighted by Crippen LogP contribution is -2.27. The summed E-state index contributed by atoms with van der Waals surface area (Å²) in [6, 6.07) is 8.64. The van der Waals surface area contributed by atoms with Crippen LogP contribution in [0.2, 0.25) is 0 Å². The van der Waals surface area contributed by atoms with E-state index in [-0.39, 0.29) is 18.6 Å². The molecular formula is C16H25NO2. The molecule has 0 spiro atoms. The SMILES string of the molecule is CCCCOC(=O)CNC(C)c1ccc(CC)cc1. The fourth-order valence-electron chi connectivity index (χ4n) is 1.78. The molecule has 0 saturated heterocycles. The van der Waals surface area contributed by atoms with Gasteiger partial charge in [-0.05, 0) is 30.9 Å². The van der Waals surface area contributed by atoms with Gasteiger partial charge in [0.1, 0.15) is 0 Å². The first-order valence-corrected chi connectivity index (χ1v) is 7.15. The predicted octanol–water partition coefficient (Wildman–Crippen LogP) is 3.24. The average Bonchev–Trinajstić information content (AvgIpc) is 2.45. The molecule has 1 atom stereocenters. The van der Waals surface area contributed by atoms with Crippen molar-refractivity contribution in [1.29, 1.82) is 0 Å². The zero-order valence-electron chi connectivity index (χ0n) is 12.2. The van der Waals surface area contributed by atoms with Crippen molar-refractivity contribution in [2.24, 2.45) is 0 Å². The van der Waals surface area contributed by atoms with E-state index >= 15 is 0 Å². The number of carbonyl (C=O) groups is 1. The van der Waals surface area contributed by atoms with E-state index in [1.807, 2.05) is 0 Å². The molecule has 0 fully saturated rings. The second-order valence-electron chi connectivity index (χ2n) is 4.77. The van der Waals surface area contributed by atoms with Gasteiger partial charge in [0.2, 0.25) is 0 Å². The molecule has 1 rings (SSSR count). The quantitative estimate of drug-likeness (QED) is 0.578. The van der Waals surface area contributed by atoms with Gasteiger partial charge < -0.3 is 10.1 Å². The van der Waals surface area contributed by atoms with Crippen molar-refractivity contribution < 1.29 is 9.53 Å². The summed E-state index contributed by atoms with van der Waals surface area (Å²) in [7, 11) is 0. The van der Waals surface area contributed by atoms with Gasteiger partial charge in [0.25, 0.3) is 0 Å². The number of ether oxygens (including phenoxy) is 1. The van der Waals surface area contributed by atoms with Crippen LogP contribution in [0.3, 0.4) is 0 Å². The Bertz CT molecular complexity index is 373. The molecule has 1 N–H and O–H groups in total. The highest BCUT2D eigenvalue weighted by molar-refractivity contribution is 5.71. The molecule has 0 radical (unpaired) electrons. The molecule has 0 amide bonds. The second kappa shape index (κ2) is 8.70.